The minimum absolute atomic E-state index is 0.126. The lowest BCUT2D eigenvalue weighted by Crippen LogP contribution is -2.69. The van der Waals surface area contributed by atoms with E-state index in [4.69, 9.17) is 18.9 Å². The first-order valence-electron chi connectivity index (χ1n) is 13.7. The highest BCUT2D eigenvalue weighted by molar-refractivity contribution is 6.05. The Kier molecular flexibility index (Phi) is 5.30. The van der Waals surface area contributed by atoms with Crippen molar-refractivity contribution in [3.63, 3.8) is 0 Å². The van der Waals surface area contributed by atoms with Gasteiger partial charge >= 0.3 is 11.9 Å². The second kappa shape index (κ2) is 7.76. The molecule has 6 rings (SSSR count). The fourth-order valence-electron chi connectivity index (χ4n) is 9.00. The summed E-state index contributed by atoms with van der Waals surface area (Å²) in [6.07, 6.45) is 3.82. The zero-order valence-electron chi connectivity index (χ0n) is 22.6. The molecule has 2 saturated carbocycles. The van der Waals surface area contributed by atoms with E-state index >= 15 is 0 Å². The quantitative estimate of drug-likeness (QED) is 0.448. The summed E-state index contributed by atoms with van der Waals surface area (Å²) >= 11 is 0. The Balaban J connectivity index is 1.60. The summed E-state index contributed by atoms with van der Waals surface area (Å²) in [6, 6.07) is 0. The van der Waals surface area contributed by atoms with Gasteiger partial charge in [0.1, 0.15) is 0 Å². The molecule has 2 heterocycles. The zero-order valence-corrected chi connectivity index (χ0v) is 22.6. The SMILES string of the molecule is CC(=O)OC1=C2CC[C@@H]3C4=C(C(C)C)CC[C@]4(C)CC[C@@]3(C)[C@H]3O[C@@H]4OC[C@](O)(C1=O)[C@]4(OC(C)=O)[C@H]23. The molecule has 37 heavy (non-hydrogen) atoms. The average molecular weight is 515 g/mol. The van der Waals surface area contributed by atoms with E-state index in [0.29, 0.717) is 17.9 Å². The molecule has 0 aromatic heterocycles. The number of fused-ring (bicyclic) bond motifs is 4. The monoisotopic (exact) mass is 514 g/mol. The molecule has 6 aliphatic rings. The van der Waals surface area contributed by atoms with Crippen molar-refractivity contribution in [2.75, 3.05) is 6.61 Å². The molecule has 2 aliphatic heterocycles. The molecule has 4 fully saturated rings. The third-order valence-corrected chi connectivity index (χ3v) is 10.6. The third-order valence-electron chi connectivity index (χ3n) is 10.6. The van der Waals surface area contributed by atoms with Crippen LogP contribution in [-0.4, -0.2) is 53.0 Å². The maximum atomic E-state index is 13.8. The van der Waals surface area contributed by atoms with E-state index in [1.54, 1.807) is 0 Å². The van der Waals surface area contributed by atoms with Crippen molar-refractivity contribution < 1.29 is 38.4 Å². The van der Waals surface area contributed by atoms with Gasteiger partial charge in [-0.3, -0.25) is 14.4 Å². The molecule has 0 unspecified atom stereocenters. The summed E-state index contributed by atoms with van der Waals surface area (Å²) in [5.74, 6) is -2.20. The first-order chi connectivity index (χ1) is 17.3. The van der Waals surface area contributed by atoms with E-state index in [9.17, 15) is 19.5 Å². The lowest BCUT2D eigenvalue weighted by molar-refractivity contribution is -0.211. The van der Waals surface area contributed by atoms with Crippen LogP contribution in [0.15, 0.2) is 22.5 Å². The second-order valence-corrected chi connectivity index (χ2v) is 13.0. The number of ether oxygens (including phenoxy) is 4. The van der Waals surface area contributed by atoms with Gasteiger partial charge in [0, 0.05) is 19.3 Å². The number of allylic oxidation sites excluding steroid dienone is 2. The van der Waals surface area contributed by atoms with Crippen LogP contribution in [0.4, 0.5) is 0 Å². The highest BCUT2D eigenvalue weighted by Gasteiger charge is 2.82. The fraction of sp³-hybridized carbons (Fsp3) is 0.759. The molecule has 0 radical (unpaired) electrons. The molecule has 4 aliphatic carbocycles. The van der Waals surface area contributed by atoms with Gasteiger partial charge in [-0.15, -0.1) is 0 Å². The van der Waals surface area contributed by atoms with Gasteiger partial charge in [-0.25, -0.2) is 0 Å². The summed E-state index contributed by atoms with van der Waals surface area (Å²) in [6.45, 7) is 11.3. The molecule has 202 valence electrons. The predicted octanol–water partition coefficient (Wildman–Crippen LogP) is 3.75. The molecule has 2 saturated heterocycles. The first kappa shape index (κ1) is 25.3. The van der Waals surface area contributed by atoms with Crippen molar-refractivity contribution in [1.82, 2.24) is 0 Å². The van der Waals surface area contributed by atoms with Gasteiger partial charge in [-0.1, -0.05) is 38.8 Å². The molecule has 0 spiro atoms. The number of hydrogen-bond donors (Lipinski definition) is 1. The van der Waals surface area contributed by atoms with Crippen molar-refractivity contribution in [2.24, 2.45) is 28.6 Å². The highest BCUT2D eigenvalue weighted by atomic mass is 16.7. The van der Waals surface area contributed by atoms with Crippen LogP contribution in [0.1, 0.15) is 80.1 Å². The summed E-state index contributed by atoms with van der Waals surface area (Å²) in [5.41, 5.74) is -0.499. The summed E-state index contributed by atoms with van der Waals surface area (Å²) in [7, 11) is 0. The molecule has 8 heteroatoms. The molecule has 0 amide bonds. The number of esters is 2. The van der Waals surface area contributed by atoms with Gasteiger partial charge in [0.25, 0.3) is 0 Å². The number of carbonyl (C=O) groups excluding carboxylic acids is 3. The largest absolute Gasteiger partial charge is 0.449 e. The van der Waals surface area contributed by atoms with Crippen LogP contribution in [0, 0.1) is 28.6 Å². The highest BCUT2D eigenvalue weighted by Crippen LogP contribution is 2.70. The number of rotatable bonds is 3. The van der Waals surface area contributed by atoms with Crippen LogP contribution in [0.3, 0.4) is 0 Å². The van der Waals surface area contributed by atoms with Gasteiger partial charge in [-0.05, 0) is 61.3 Å². The van der Waals surface area contributed by atoms with Crippen LogP contribution in [0.5, 0.6) is 0 Å². The van der Waals surface area contributed by atoms with E-state index < -0.39 is 53.8 Å². The minimum atomic E-state index is -2.20. The summed E-state index contributed by atoms with van der Waals surface area (Å²) < 4.78 is 24.1. The Labute approximate surface area is 217 Å². The van der Waals surface area contributed by atoms with Crippen molar-refractivity contribution in [3.05, 3.63) is 22.5 Å². The van der Waals surface area contributed by atoms with E-state index in [-0.39, 0.29) is 22.5 Å². The topological polar surface area (TPSA) is 108 Å². The molecule has 0 bridgehead atoms. The summed E-state index contributed by atoms with van der Waals surface area (Å²) in [5, 5.41) is 11.9. The Morgan fingerprint density at radius 1 is 1.08 bits per heavy atom. The molecule has 8 atom stereocenters. The number of carbonyl (C=O) groups is 3. The standard InChI is InChI=1S/C29H38O8/c1-14(2)17-9-10-26(5)11-12-27(6)19(20(17)26)8-7-18-21-24(27)36-25-29(21,37-16(4)31)28(33,13-34-25)23(32)22(18)35-15(3)30/h14,19,21,24-25,33H,7-13H2,1-6H3/t19-,21-,24+,25+,26-,27-,28+,29+/m1/s1. The van der Waals surface area contributed by atoms with Crippen LogP contribution in [0.2, 0.25) is 0 Å². The lowest BCUT2D eigenvalue weighted by Gasteiger charge is -2.53. The predicted molar refractivity (Wildman–Crippen MR) is 131 cm³/mol. The molecular weight excluding hydrogens is 476 g/mol. The Morgan fingerprint density at radius 3 is 2.46 bits per heavy atom. The van der Waals surface area contributed by atoms with E-state index in [0.717, 1.165) is 32.1 Å². The van der Waals surface area contributed by atoms with Crippen molar-refractivity contribution in [2.45, 2.75) is 104 Å². The van der Waals surface area contributed by atoms with E-state index in [1.165, 1.54) is 25.0 Å². The normalized spacial score (nSPS) is 46.0. The van der Waals surface area contributed by atoms with Gasteiger partial charge in [0.05, 0.1) is 18.6 Å². The maximum Gasteiger partial charge on any atom is 0.308 e. The molecule has 1 N–H and O–H groups in total. The van der Waals surface area contributed by atoms with E-state index in [1.807, 2.05) is 0 Å². The van der Waals surface area contributed by atoms with Crippen molar-refractivity contribution in [3.8, 4) is 0 Å². The minimum Gasteiger partial charge on any atom is -0.449 e. The van der Waals surface area contributed by atoms with Crippen LogP contribution < -0.4 is 0 Å². The number of aliphatic hydroxyl groups is 1. The van der Waals surface area contributed by atoms with Crippen molar-refractivity contribution >= 4 is 17.7 Å². The molecular formula is C29H38O8. The van der Waals surface area contributed by atoms with Gasteiger partial charge in [0.2, 0.25) is 17.7 Å². The number of hydrogen-bond acceptors (Lipinski definition) is 8. The summed E-state index contributed by atoms with van der Waals surface area (Å²) in [4.78, 5) is 38.5. The van der Waals surface area contributed by atoms with E-state index in [2.05, 4.69) is 27.7 Å². The Morgan fingerprint density at radius 2 is 1.81 bits per heavy atom. The first-order valence-corrected chi connectivity index (χ1v) is 13.7. The molecule has 8 nitrogen and oxygen atoms in total. The van der Waals surface area contributed by atoms with Gasteiger partial charge < -0.3 is 24.1 Å². The van der Waals surface area contributed by atoms with Crippen LogP contribution in [-0.2, 0) is 33.3 Å². The second-order valence-electron chi connectivity index (χ2n) is 13.0. The Bertz CT molecular complexity index is 1170. The number of ketones is 1. The third kappa shape index (κ3) is 2.98. The van der Waals surface area contributed by atoms with Crippen molar-refractivity contribution in [1.29, 1.82) is 0 Å². The fourth-order valence-corrected chi connectivity index (χ4v) is 9.00. The van der Waals surface area contributed by atoms with Crippen LogP contribution >= 0.6 is 0 Å². The van der Waals surface area contributed by atoms with Crippen LogP contribution in [0.25, 0.3) is 0 Å². The lowest BCUT2D eigenvalue weighted by atomic mass is 9.52. The Hall–Kier alpha value is -2.03. The smallest absolute Gasteiger partial charge is 0.308 e. The molecule has 0 aromatic rings. The van der Waals surface area contributed by atoms with Gasteiger partial charge in [0.15, 0.2) is 11.4 Å². The molecule has 0 aromatic carbocycles. The van der Waals surface area contributed by atoms with Gasteiger partial charge in [-0.2, -0.15) is 0 Å². The number of Topliss-reactive ketones (excluding diaryl/α,β-unsaturated/α-hetero) is 1. The maximum absolute atomic E-state index is 13.8. The average Bonchev–Trinajstić information content (AvgIpc) is 3.39. The zero-order chi connectivity index (χ0) is 26.7.